The summed E-state index contributed by atoms with van der Waals surface area (Å²) < 4.78 is 5.80. The number of rotatable bonds is 2. The Morgan fingerprint density at radius 1 is 1.22 bits per heavy atom. The lowest BCUT2D eigenvalue weighted by Gasteiger charge is -2.48. The van der Waals surface area contributed by atoms with Crippen LogP contribution in [0.2, 0.25) is 0 Å². The number of carbonyl (C=O) groups is 1. The van der Waals surface area contributed by atoms with Crippen molar-refractivity contribution in [1.29, 1.82) is 0 Å². The molecule has 0 aromatic heterocycles. The summed E-state index contributed by atoms with van der Waals surface area (Å²) in [7, 11) is 0. The Labute approximate surface area is 139 Å². The Bertz CT molecular complexity index is 633. The van der Waals surface area contributed by atoms with E-state index in [1.165, 1.54) is 37.7 Å². The molecule has 0 spiro atoms. The molecule has 0 radical (unpaired) electrons. The van der Waals surface area contributed by atoms with Gasteiger partial charge in [0.15, 0.2) is 5.78 Å². The Morgan fingerprint density at radius 2 is 2.04 bits per heavy atom. The molecule has 0 saturated heterocycles. The van der Waals surface area contributed by atoms with E-state index >= 15 is 0 Å². The van der Waals surface area contributed by atoms with Crippen molar-refractivity contribution >= 4 is 5.78 Å². The zero-order valence-corrected chi connectivity index (χ0v) is 14.6. The lowest BCUT2D eigenvalue weighted by Crippen LogP contribution is -2.41. The summed E-state index contributed by atoms with van der Waals surface area (Å²) in [5.74, 6) is 3.10. The molecule has 124 valence electrons. The van der Waals surface area contributed by atoms with Crippen LogP contribution in [0, 0.1) is 17.3 Å². The minimum atomic E-state index is 0.147. The Balaban J connectivity index is 1.69. The smallest absolute Gasteiger partial charge is 0.163 e. The van der Waals surface area contributed by atoms with Gasteiger partial charge in [-0.2, -0.15) is 0 Å². The van der Waals surface area contributed by atoms with Gasteiger partial charge in [0.25, 0.3) is 0 Å². The van der Waals surface area contributed by atoms with Crippen LogP contribution in [0.3, 0.4) is 0 Å². The van der Waals surface area contributed by atoms with E-state index in [-0.39, 0.29) is 6.10 Å². The van der Waals surface area contributed by atoms with E-state index in [1.807, 2.05) is 19.9 Å². The van der Waals surface area contributed by atoms with Gasteiger partial charge in [-0.1, -0.05) is 19.4 Å². The molecule has 2 heteroatoms. The highest BCUT2D eigenvalue weighted by atomic mass is 16.5. The molecule has 0 bridgehead atoms. The lowest BCUT2D eigenvalue weighted by molar-refractivity contribution is 0.0526. The van der Waals surface area contributed by atoms with Crippen LogP contribution in [0.5, 0.6) is 5.75 Å². The van der Waals surface area contributed by atoms with Crippen molar-refractivity contribution < 1.29 is 9.53 Å². The molecule has 1 aromatic carbocycles. The lowest BCUT2D eigenvalue weighted by atomic mass is 9.55. The number of Topliss-reactive ketones (excluding diaryl/α,β-unsaturated/α-hetero) is 1. The molecule has 1 aromatic rings. The first kappa shape index (κ1) is 15.2. The molecule has 0 heterocycles. The normalized spacial score (nSPS) is 35.7. The van der Waals surface area contributed by atoms with Gasteiger partial charge in [-0.05, 0) is 80.4 Å². The predicted molar refractivity (Wildman–Crippen MR) is 92.1 cm³/mol. The molecular formula is C21H28O2. The number of ketones is 1. The Hall–Kier alpha value is -1.31. The van der Waals surface area contributed by atoms with Crippen molar-refractivity contribution in [3.8, 4) is 5.75 Å². The number of fused-ring (bicyclic) bond motifs is 5. The monoisotopic (exact) mass is 312 g/mol. The van der Waals surface area contributed by atoms with E-state index in [1.54, 1.807) is 0 Å². The fourth-order valence-electron chi connectivity index (χ4n) is 5.72. The van der Waals surface area contributed by atoms with E-state index in [0.717, 1.165) is 23.7 Å². The zero-order valence-electron chi connectivity index (χ0n) is 14.6. The van der Waals surface area contributed by atoms with Crippen LogP contribution < -0.4 is 4.74 Å². The minimum Gasteiger partial charge on any atom is -0.491 e. The molecular weight excluding hydrogens is 284 g/mol. The van der Waals surface area contributed by atoms with E-state index in [4.69, 9.17) is 4.74 Å². The first-order chi connectivity index (χ1) is 11.0. The van der Waals surface area contributed by atoms with Gasteiger partial charge < -0.3 is 4.74 Å². The Kier molecular flexibility index (Phi) is 3.55. The molecule has 4 atom stereocenters. The highest BCUT2D eigenvalue weighted by molar-refractivity contribution is 5.99. The highest BCUT2D eigenvalue weighted by Crippen LogP contribution is 2.60. The first-order valence-electron chi connectivity index (χ1n) is 9.32. The Morgan fingerprint density at radius 3 is 2.83 bits per heavy atom. The molecule has 2 saturated carbocycles. The van der Waals surface area contributed by atoms with Gasteiger partial charge in [0.1, 0.15) is 5.75 Å². The second-order valence-electron chi connectivity index (χ2n) is 8.50. The van der Waals surface area contributed by atoms with Gasteiger partial charge in [-0.3, -0.25) is 4.79 Å². The molecule has 2 fully saturated rings. The van der Waals surface area contributed by atoms with Gasteiger partial charge in [-0.15, -0.1) is 0 Å². The summed E-state index contributed by atoms with van der Waals surface area (Å²) in [6, 6.07) is 6.24. The summed E-state index contributed by atoms with van der Waals surface area (Å²) in [5, 5.41) is 0. The maximum Gasteiger partial charge on any atom is 0.163 e. The van der Waals surface area contributed by atoms with Crippen LogP contribution in [0.1, 0.15) is 81.1 Å². The van der Waals surface area contributed by atoms with Crippen LogP contribution >= 0.6 is 0 Å². The summed E-state index contributed by atoms with van der Waals surface area (Å²) in [4.78, 5) is 12.8. The fourth-order valence-corrected chi connectivity index (χ4v) is 5.72. The molecule has 3 aliphatic rings. The topological polar surface area (TPSA) is 26.3 Å². The van der Waals surface area contributed by atoms with E-state index in [2.05, 4.69) is 19.1 Å². The summed E-state index contributed by atoms with van der Waals surface area (Å²) >= 11 is 0. The van der Waals surface area contributed by atoms with Gasteiger partial charge >= 0.3 is 0 Å². The summed E-state index contributed by atoms with van der Waals surface area (Å²) in [5.41, 5.74) is 2.74. The average molecular weight is 312 g/mol. The van der Waals surface area contributed by atoms with Crippen molar-refractivity contribution in [3.63, 3.8) is 0 Å². The van der Waals surface area contributed by atoms with Crippen molar-refractivity contribution in [1.82, 2.24) is 0 Å². The maximum atomic E-state index is 12.8. The summed E-state index contributed by atoms with van der Waals surface area (Å²) in [6.07, 6.45) is 7.53. The molecule has 0 amide bonds. The highest BCUT2D eigenvalue weighted by Gasteiger charge is 2.51. The van der Waals surface area contributed by atoms with Gasteiger partial charge in [0, 0.05) is 12.0 Å². The van der Waals surface area contributed by atoms with E-state index < -0.39 is 0 Å². The molecule has 23 heavy (non-hydrogen) atoms. The van der Waals surface area contributed by atoms with Crippen molar-refractivity contribution in [2.45, 2.75) is 71.3 Å². The van der Waals surface area contributed by atoms with Gasteiger partial charge in [0.2, 0.25) is 0 Å². The van der Waals surface area contributed by atoms with Gasteiger partial charge in [-0.25, -0.2) is 0 Å². The number of hydrogen-bond acceptors (Lipinski definition) is 2. The molecule has 2 nitrogen and oxygen atoms in total. The molecule has 0 aliphatic heterocycles. The third-order valence-electron chi connectivity index (χ3n) is 6.74. The molecule has 0 N–H and O–H groups in total. The molecule has 4 rings (SSSR count). The van der Waals surface area contributed by atoms with Crippen LogP contribution in [0.15, 0.2) is 18.2 Å². The maximum absolute atomic E-state index is 12.8. The number of hydrogen-bond donors (Lipinski definition) is 0. The fraction of sp³-hybridized carbons (Fsp3) is 0.667. The largest absolute Gasteiger partial charge is 0.491 e. The predicted octanol–water partition coefficient (Wildman–Crippen LogP) is 5.36. The van der Waals surface area contributed by atoms with E-state index in [9.17, 15) is 4.79 Å². The van der Waals surface area contributed by atoms with Crippen molar-refractivity contribution in [2.24, 2.45) is 17.3 Å². The van der Waals surface area contributed by atoms with Gasteiger partial charge in [0.05, 0.1) is 6.10 Å². The number of ether oxygens (including phenoxy) is 1. The second kappa shape index (κ2) is 5.36. The number of benzene rings is 1. The third-order valence-corrected chi connectivity index (χ3v) is 6.74. The average Bonchev–Trinajstić information content (AvgIpc) is 2.89. The quantitative estimate of drug-likeness (QED) is 0.735. The van der Waals surface area contributed by atoms with Crippen LogP contribution in [-0.2, 0) is 0 Å². The first-order valence-corrected chi connectivity index (χ1v) is 9.32. The molecule has 3 unspecified atom stereocenters. The van der Waals surface area contributed by atoms with Crippen molar-refractivity contribution in [3.05, 3.63) is 29.3 Å². The second-order valence-corrected chi connectivity index (χ2v) is 8.50. The van der Waals surface area contributed by atoms with E-state index in [0.29, 0.717) is 23.0 Å². The number of carbonyl (C=O) groups excluding carboxylic acids is 1. The van der Waals surface area contributed by atoms with Crippen LogP contribution in [0.4, 0.5) is 0 Å². The SMILES string of the molecule is CC(C)Oc1ccc2c(c1)C(=O)CC1C2CC[C@]2(C)CCCC12. The molecule has 3 aliphatic carbocycles. The summed E-state index contributed by atoms with van der Waals surface area (Å²) in [6.45, 7) is 6.53. The zero-order chi connectivity index (χ0) is 16.2. The minimum absolute atomic E-state index is 0.147. The standard InChI is InChI=1S/C21H28O2/c1-13(2)23-14-6-7-15-16-8-10-21(3)9-4-5-19(21)17(16)12-20(22)18(15)11-14/h6-7,11,13,16-17,19H,4-5,8-10,12H2,1-3H3/t16?,17?,19?,21-/m0/s1. The van der Waals surface area contributed by atoms with Crippen LogP contribution in [-0.4, -0.2) is 11.9 Å². The van der Waals surface area contributed by atoms with Crippen LogP contribution in [0.25, 0.3) is 0 Å². The van der Waals surface area contributed by atoms with Crippen molar-refractivity contribution in [2.75, 3.05) is 0 Å². The third kappa shape index (κ3) is 2.42.